The van der Waals surface area contributed by atoms with Crippen LogP contribution in [0, 0.1) is 6.92 Å². The number of hydrogen-bond acceptors (Lipinski definition) is 2. The van der Waals surface area contributed by atoms with Crippen LogP contribution in [-0.4, -0.2) is 7.05 Å². The van der Waals surface area contributed by atoms with Crippen molar-refractivity contribution in [3.63, 3.8) is 0 Å². The van der Waals surface area contributed by atoms with E-state index in [1.807, 2.05) is 19.3 Å². The van der Waals surface area contributed by atoms with Crippen LogP contribution in [0.15, 0.2) is 29.4 Å². The fourth-order valence-electron chi connectivity index (χ4n) is 0.988. The first-order valence-electron chi connectivity index (χ1n) is 3.95. The molecule has 1 aromatic heterocycles. The largest absolute Gasteiger partial charge is 0.393 e. The maximum Gasteiger partial charge on any atom is 0.0371 e. The molecular formula is C10H12BrNS. The molecule has 0 aliphatic heterocycles. The third-order valence-electron chi connectivity index (χ3n) is 1.66. The van der Waals surface area contributed by atoms with Crippen LogP contribution in [0.5, 0.6) is 0 Å². The van der Waals surface area contributed by atoms with Gasteiger partial charge in [-0.15, -0.1) is 11.3 Å². The van der Waals surface area contributed by atoms with Crippen molar-refractivity contribution in [1.82, 2.24) is 5.32 Å². The lowest BCUT2D eigenvalue weighted by atomic mass is 10.2. The van der Waals surface area contributed by atoms with E-state index in [4.69, 9.17) is 0 Å². The molecule has 1 aromatic rings. The van der Waals surface area contributed by atoms with Gasteiger partial charge in [0.15, 0.2) is 0 Å². The summed E-state index contributed by atoms with van der Waals surface area (Å²) in [7, 11) is 1.89. The molecule has 0 amide bonds. The zero-order chi connectivity index (χ0) is 9.84. The molecule has 1 heterocycles. The minimum Gasteiger partial charge on any atom is -0.393 e. The molecule has 70 valence electrons. The Morgan fingerprint density at radius 1 is 1.69 bits per heavy atom. The number of hydrogen-bond donors (Lipinski definition) is 1. The van der Waals surface area contributed by atoms with Gasteiger partial charge in [0.2, 0.25) is 0 Å². The first-order chi connectivity index (χ1) is 6.19. The zero-order valence-corrected chi connectivity index (χ0v) is 10.1. The van der Waals surface area contributed by atoms with Crippen LogP contribution in [0.2, 0.25) is 0 Å². The molecule has 0 radical (unpaired) electrons. The summed E-state index contributed by atoms with van der Waals surface area (Å²) in [5.41, 5.74) is 1.13. The minimum absolute atomic E-state index is 1.13. The van der Waals surface area contributed by atoms with Crippen LogP contribution < -0.4 is 5.32 Å². The van der Waals surface area contributed by atoms with Crippen LogP contribution in [0.25, 0.3) is 5.57 Å². The highest BCUT2D eigenvalue weighted by atomic mass is 79.9. The van der Waals surface area contributed by atoms with E-state index in [1.54, 1.807) is 11.3 Å². The van der Waals surface area contributed by atoms with Crippen molar-refractivity contribution in [2.24, 2.45) is 0 Å². The molecule has 0 saturated carbocycles. The van der Waals surface area contributed by atoms with Gasteiger partial charge in [-0.05, 0) is 28.9 Å². The van der Waals surface area contributed by atoms with Crippen LogP contribution >= 0.6 is 27.3 Å². The number of rotatable bonds is 3. The van der Waals surface area contributed by atoms with Crippen molar-refractivity contribution in [2.45, 2.75) is 6.92 Å². The van der Waals surface area contributed by atoms with Gasteiger partial charge in [0.1, 0.15) is 0 Å². The molecule has 0 unspecified atom stereocenters. The molecule has 0 saturated heterocycles. The highest BCUT2D eigenvalue weighted by Gasteiger charge is 2.04. The van der Waals surface area contributed by atoms with Crippen molar-refractivity contribution in [3.05, 3.63) is 39.1 Å². The molecule has 0 aliphatic carbocycles. The summed E-state index contributed by atoms with van der Waals surface area (Å²) in [5, 5.41) is 3.00. The number of thiophene rings is 1. The van der Waals surface area contributed by atoms with Crippen molar-refractivity contribution in [3.8, 4) is 0 Å². The Bertz CT molecular complexity index is 319. The average Bonchev–Trinajstić information content (AvgIpc) is 2.43. The highest BCUT2D eigenvalue weighted by molar-refractivity contribution is 9.10. The molecule has 1 rings (SSSR count). The summed E-state index contributed by atoms with van der Waals surface area (Å²) in [6.45, 7) is 5.87. The molecule has 0 spiro atoms. The van der Waals surface area contributed by atoms with Gasteiger partial charge >= 0.3 is 0 Å². The monoisotopic (exact) mass is 257 g/mol. The SMILES string of the molecule is C=C/C(=C\NC)c1cc(Br)c(C)s1. The Morgan fingerprint density at radius 3 is 2.77 bits per heavy atom. The smallest absolute Gasteiger partial charge is 0.0371 e. The highest BCUT2D eigenvalue weighted by Crippen LogP contribution is 2.31. The van der Waals surface area contributed by atoms with E-state index in [-0.39, 0.29) is 0 Å². The second-order valence-electron chi connectivity index (χ2n) is 2.61. The van der Waals surface area contributed by atoms with Crippen LogP contribution in [0.1, 0.15) is 9.75 Å². The predicted molar refractivity (Wildman–Crippen MR) is 64.0 cm³/mol. The lowest BCUT2D eigenvalue weighted by molar-refractivity contribution is 1.11. The quantitative estimate of drug-likeness (QED) is 0.817. The number of halogens is 1. The number of aryl methyl sites for hydroxylation is 1. The number of allylic oxidation sites excluding steroid dienone is 2. The zero-order valence-electron chi connectivity index (χ0n) is 7.73. The van der Waals surface area contributed by atoms with Crippen LogP contribution in [0.3, 0.4) is 0 Å². The first kappa shape index (κ1) is 10.5. The van der Waals surface area contributed by atoms with Gasteiger partial charge in [-0.2, -0.15) is 0 Å². The van der Waals surface area contributed by atoms with Gasteiger partial charge in [0, 0.05) is 33.0 Å². The molecule has 0 atom stereocenters. The maximum atomic E-state index is 3.78. The fourth-order valence-corrected chi connectivity index (χ4v) is 2.53. The molecular weight excluding hydrogens is 246 g/mol. The van der Waals surface area contributed by atoms with Gasteiger partial charge in [0.05, 0.1) is 0 Å². The van der Waals surface area contributed by atoms with E-state index in [2.05, 4.69) is 40.8 Å². The molecule has 0 bridgehead atoms. The van der Waals surface area contributed by atoms with Crippen molar-refractivity contribution >= 4 is 32.8 Å². The Kier molecular flexibility index (Phi) is 3.75. The Morgan fingerprint density at radius 2 is 2.38 bits per heavy atom. The standard InChI is InChI=1S/C10H12BrNS/c1-4-8(6-12-3)10-5-9(11)7(2)13-10/h4-6,12H,1H2,2-3H3/b8-6+. The van der Waals surface area contributed by atoms with E-state index in [0.717, 1.165) is 10.0 Å². The van der Waals surface area contributed by atoms with Gasteiger partial charge < -0.3 is 5.32 Å². The molecule has 1 nitrogen and oxygen atoms in total. The van der Waals surface area contributed by atoms with E-state index in [1.165, 1.54) is 9.75 Å². The summed E-state index contributed by atoms with van der Waals surface area (Å²) >= 11 is 5.25. The molecule has 0 aromatic carbocycles. The molecule has 13 heavy (non-hydrogen) atoms. The predicted octanol–water partition coefficient (Wildman–Crippen LogP) is 3.57. The van der Waals surface area contributed by atoms with Crippen molar-refractivity contribution in [1.29, 1.82) is 0 Å². The van der Waals surface area contributed by atoms with Crippen molar-refractivity contribution in [2.75, 3.05) is 7.05 Å². The number of nitrogens with one attached hydrogen (secondary N) is 1. The summed E-state index contributed by atoms with van der Waals surface area (Å²) in [4.78, 5) is 2.52. The minimum atomic E-state index is 1.13. The summed E-state index contributed by atoms with van der Waals surface area (Å²) in [5.74, 6) is 0. The van der Waals surface area contributed by atoms with E-state index >= 15 is 0 Å². The van der Waals surface area contributed by atoms with Gasteiger partial charge in [0.25, 0.3) is 0 Å². The fraction of sp³-hybridized carbons (Fsp3) is 0.200. The van der Waals surface area contributed by atoms with Crippen molar-refractivity contribution < 1.29 is 0 Å². The summed E-state index contributed by atoms with van der Waals surface area (Å²) in [6.07, 6.45) is 3.80. The average molecular weight is 258 g/mol. The summed E-state index contributed by atoms with van der Waals surface area (Å²) in [6, 6.07) is 2.12. The van der Waals surface area contributed by atoms with E-state index in [9.17, 15) is 0 Å². The van der Waals surface area contributed by atoms with E-state index in [0.29, 0.717) is 0 Å². The topological polar surface area (TPSA) is 12.0 Å². The third kappa shape index (κ3) is 2.45. The third-order valence-corrected chi connectivity index (χ3v) is 3.85. The van der Waals surface area contributed by atoms with Crippen LogP contribution in [0.4, 0.5) is 0 Å². The first-order valence-corrected chi connectivity index (χ1v) is 5.56. The maximum absolute atomic E-state index is 3.78. The van der Waals surface area contributed by atoms with Gasteiger partial charge in [-0.25, -0.2) is 0 Å². The molecule has 0 fully saturated rings. The summed E-state index contributed by atoms with van der Waals surface area (Å²) < 4.78 is 1.16. The Hall–Kier alpha value is -0.540. The second kappa shape index (κ2) is 4.63. The Balaban J connectivity index is 3.05. The second-order valence-corrected chi connectivity index (χ2v) is 4.72. The van der Waals surface area contributed by atoms with Gasteiger partial charge in [-0.1, -0.05) is 12.7 Å². The molecule has 3 heteroatoms. The van der Waals surface area contributed by atoms with Gasteiger partial charge in [-0.3, -0.25) is 0 Å². The normalized spacial score (nSPS) is 11.5. The molecule has 1 N–H and O–H groups in total. The lowest BCUT2D eigenvalue weighted by Gasteiger charge is -1.96. The lowest BCUT2D eigenvalue weighted by Crippen LogP contribution is -1.93. The molecule has 0 aliphatic rings. The Labute approximate surface area is 91.3 Å². The van der Waals surface area contributed by atoms with E-state index < -0.39 is 0 Å². The van der Waals surface area contributed by atoms with Crippen LogP contribution in [-0.2, 0) is 0 Å².